The van der Waals surface area contributed by atoms with Crippen LogP contribution in [0.3, 0.4) is 0 Å². The lowest BCUT2D eigenvalue weighted by molar-refractivity contribution is 0.246. The molecule has 1 heterocycles. The first kappa shape index (κ1) is 15.6. The van der Waals surface area contributed by atoms with Gasteiger partial charge in [0, 0.05) is 17.6 Å². The zero-order chi connectivity index (χ0) is 14.8. The number of benzene rings is 1. The number of piperidine rings is 1. The average Bonchev–Trinajstić information content (AvgIpc) is 2.47. The molecule has 1 aromatic carbocycles. The Kier molecular flexibility index (Phi) is 4.94. The van der Waals surface area contributed by atoms with Crippen LogP contribution in [-0.4, -0.2) is 32.4 Å². The van der Waals surface area contributed by atoms with Crippen molar-refractivity contribution in [3.8, 4) is 5.75 Å². The van der Waals surface area contributed by atoms with Crippen molar-refractivity contribution in [1.29, 1.82) is 0 Å². The van der Waals surface area contributed by atoms with E-state index in [2.05, 4.69) is 0 Å². The number of hydrogen-bond donors (Lipinski definition) is 0. The molecule has 1 aliphatic heterocycles. The second-order valence-corrected chi connectivity index (χ2v) is 7.26. The highest BCUT2D eigenvalue weighted by molar-refractivity contribution is 7.89. The largest absolute Gasteiger partial charge is 0.495 e. The van der Waals surface area contributed by atoms with Gasteiger partial charge in [0.25, 0.3) is 0 Å². The van der Waals surface area contributed by atoms with Gasteiger partial charge >= 0.3 is 0 Å². The summed E-state index contributed by atoms with van der Waals surface area (Å²) in [5.41, 5.74) is 0. The molecule has 2 rings (SSSR count). The maximum Gasteiger partial charge on any atom is 0.247 e. The van der Waals surface area contributed by atoms with E-state index in [1.165, 1.54) is 13.2 Å². The molecule has 0 radical (unpaired) electrons. The lowest BCUT2D eigenvalue weighted by Crippen LogP contribution is -2.43. The highest BCUT2D eigenvalue weighted by Gasteiger charge is 2.34. The number of halogens is 1. The maximum atomic E-state index is 12.9. The molecule has 0 unspecified atom stereocenters. The van der Waals surface area contributed by atoms with Crippen LogP contribution < -0.4 is 4.74 Å². The van der Waals surface area contributed by atoms with Crippen LogP contribution in [0, 0.1) is 0 Å². The minimum absolute atomic E-state index is 0.0671. The number of rotatable bonds is 4. The van der Waals surface area contributed by atoms with Crippen LogP contribution in [0.15, 0.2) is 23.1 Å². The molecule has 0 saturated carbocycles. The molecule has 1 fully saturated rings. The summed E-state index contributed by atoms with van der Waals surface area (Å²) < 4.78 is 32.5. The standard InChI is InChI=1S/C14H20ClNO3S/c1-3-12-6-4-5-9-16(12)20(17,18)14-10-11(15)7-8-13(14)19-2/h7-8,10,12H,3-6,9H2,1-2H3/t12-/m0/s1. The Morgan fingerprint density at radius 1 is 1.40 bits per heavy atom. The van der Waals surface area contributed by atoms with Crippen LogP contribution in [-0.2, 0) is 10.0 Å². The van der Waals surface area contributed by atoms with Crippen LogP contribution in [0.25, 0.3) is 0 Å². The second-order valence-electron chi connectivity index (χ2n) is 4.97. The van der Waals surface area contributed by atoms with E-state index < -0.39 is 10.0 Å². The number of ether oxygens (including phenoxy) is 1. The van der Waals surface area contributed by atoms with E-state index in [0.717, 1.165) is 25.7 Å². The molecule has 112 valence electrons. The van der Waals surface area contributed by atoms with Crippen LogP contribution in [0.2, 0.25) is 5.02 Å². The number of methoxy groups -OCH3 is 1. The first-order valence-electron chi connectivity index (χ1n) is 6.86. The smallest absolute Gasteiger partial charge is 0.247 e. The van der Waals surface area contributed by atoms with Gasteiger partial charge in [0.2, 0.25) is 10.0 Å². The van der Waals surface area contributed by atoms with Crippen LogP contribution >= 0.6 is 11.6 Å². The van der Waals surface area contributed by atoms with Gasteiger partial charge in [-0.15, -0.1) is 0 Å². The fourth-order valence-electron chi connectivity index (χ4n) is 2.68. The lowest BCUT2D eigenvalue weighted by Gasteiger charge is -2.34. The van der Waals surface area contributed by atoms with Crippen LogP contribution in [0.5, 0.6) is 5.75 Å². The van der Waals surface area contributed by atoms with Gasteiger partial charge in [-0.2, -0.15) is 4.31 Å². The summed E-state index contributed by atoms with van der Waals surface area (Å²) in [7, 11) is -2.10. The summed E-state index contributed by atoms with van der Waals surface area (Å²) in [6.45, 7) is 2.59. The molecular formula is C14H20ClNO3S. The quantitative estimate of drug-likeness (QED) is 0.856. The Hall–Kier alpha value is -0.780. The molecule has 0 bridgehead atoms. The first-order chi connectivity index (χ1) is 9.50. The summed E-state index contributed by atoms with van der Waals surface area (Å²) >= 11 is 5.95. The molecular weight excluding hydrogens is 298 g/mol. The first-order valence-corrected chi connectivity index (χ1v) is 8.68. The Balaban J connectivity index is 2.46. The van der Waals surface area contributed by atoms with E-state index in [9.17, 15) is 8.42 Å². The Morgan fingerprint density at radius 2 is 2.15 bits per heavy atom. The third-order valence-electron chi connectivity index (χ3n) is 3.76. The zero-order valence-corrected chi connectivity index (χ0v) is 13.4. The summed E-state index contributed by atoms with van der Waals surface area (Å²) in [4.78, 5) is 0.160. The van der Waals surface area contributed by atoms with Crippen molar-refractivity contribution >= 4 is 21.6 Å². The van der Waals surface area contributed by atoms with Gasteiger partial charge in [0.15, 0.2) is 0 Å². The Labute approximate surface area is 125 Å². The molecule has 0 N–H and O–H groups in total. The molecule has 1 saturated heterocycles. The molecule has 0 spiro atoms. The highest BCUT2D eigenvalue weighted by Crippen LogP contribution is 2.33. The predicted octanol–water partition coefficient (Wildman–Crippen LogP) is 3.30. The van der Waals surface area contributed by atoms with Gasteiger partial charge < -0.3 is 4.74 Å². The van der Waals surface area contributed by atoms with Crippen molar-refractivity contribution in [2.45, 2.75) is 43.5 Å². The normalized spacial score (nSPS) is 20.9. The molecule has 20 heavy (non-hydrogen) atoms. The maximum absolute atomic E-state index is 12.9. The molecule has 4 nitrogen and oxygen atoms in total. The molecule has 1 atom stereocenters. The van der Waals surface area contributed by atoms with E-state index in [1.807, 2.05) is 6.92 Å². The van der Waals surface area contributed by atoms with Crippen molar-refractivity contribution in [2.24, 2.45) is 0 Å². The SMILES string of the molecule is CC[C@H]1CCCCN1S(=O)(=O)c1cc(Cl)ccc1OC. The van der Waals surface area contributed by atoms with E-state index >= 15 is 0 Å². The third-order valence-corrected chi connectivity index (χ3v) is 5.96. The average molecular weight is 318 g/mol. The predicted molar refractivity (Wildman–Crippen MR) is 79.8 cm³/mol. The van der Waals surface area contributed by atoms with Gasteiger partial charge in [0.05, 0.1) is 7.11 Å². The fraction of sp³-hybridized carbons (Fsp3) is 0.571. The third kappa shape index (κ3) is 2.95. The number of nitrogens with zero attached hydrogens (tertiary/aromatic N) is 1. The molecule has 6 heteroatoms. The highest BCUT2D eigenvalue weighted by atomic mass is 35.5. The molecule has 1 aromatic rings. The van der Waals surface area contributed by atoms with Gasteiger partial charge in [-0.25, -0.2) is 8.42 Å². The van der Waals surface area contributed by atoms with Crippen molar-refractivity contribution in [2.75, 3.05) is 13.7 Å². The van der Waals surface area contributed by atoms with Crippen LogP contribution in [0.1, 0.15) is 32.6 Å². The van der Waals surface area contributed by atoms with Crippen molar-refractivity contribution in [1.82, 2.24) is 4.31 Å². The molecule has 0 amide bonds. The van der Waals surface area contributed by atoms with Crippen LogP contribution in [0.4, 0.5) is 0 Å². The summed E-state index contributed by atoms with van der Waals surface area (Å²) in [5, 5.41) is 0.398. The minimum Gasteiger partial charge on any atom is -0.495 e. The van der Waals surface area contributed by atoms with Crippen molar-refractivity contribution in [3.63, 3.8) is 0 Å². The van der Waals surface area contributed by atoms with Gasteiger partial charge in [-0.1, -0.05) is 24.9 Å². The van der Waals surface area contributed by atoms with Gasteiger partial charge in [0.1, 0.15) is 10.6 Å². The summed E-state index contributed by atoms with van der Waals surface area (Å²) in [5.74, 6) is 0.342. The number of sulfonamides is 1. The fourth-order valence-corrected chi connectivity index (χ4v) is 4.86. The van der Waals surface area contributed by atoms with Gasteiger partial charge in [-0.3, -0.25) is 0 Å². The Morgan fingerprint density at radius 3 is 2.80 bits per heavy atom. The van der Waals surface area contributed by atoms with E-state index in [-0.39, 0.29) is 10.9 Å². The van der Waals surface area contributed by atoms with E-state index in [1.54, 1.807) is 16.4 Å². The number of hydrogen-bond acceptors (Lipinski definition) is 3. The monoisotopic (exact) mass is 317 g/mol. The van der Waals surface area contributed by atoms with Crippen molar-refractivity contribution < 1.29 is 13.2 Å². The summed E-state index contributed by atoms with van der Waals surface area (Å²) in [6, 6.07) is 4.77. The Bertz CT molecular complexity index is 574. The van der Waals surface area contributed by atoms with E-state index in [4.69, 9.17) is 16.3 Å². The topological polar surface area (TPSA) is 46.6 Å². The summed E-state index contributed by atoms with van der Waals surface area (Å²) in [6.07, 6.45) is 3.72. The molecule has 0 aromatic heterocycles. The lowest BCUT2D eigenvalue weighted by atomic mass is 10.0. The van der Waals surface area contributed by atoms with Gasteiger partial charge in [-0.05, 0) is 37.5 Å². The second kappa shape index (κ2) is 6.33. The van der Waals surface area contributed by atoms with E-state index in [0.29, 0.717) is 17.3 Å². The minimum atomic E-state index is -3.56. The molecule has 0 aliphatic carbocycles. The zero-order valence-electron chi connectivity index (χ0n) is 11.8. The van der Waals surface area contributed by atoms with Crippen molar-refractivity contribution in [3.05, 3.63) is 23.2 Å². The molecule has 1 aliphatic rings.